The van der Waals surface area contributed by atoms with E-state index < -0.39 is 0 Å². The van der Waals surface area contributed by atoms with Gasteiger partial charge >= 0.3 is 0 Å². The van der Waals surface area contributed by atoms with E-state index in [4.69, 9.17) is 0 Å². The molecule has 0 N–H and O–H groups in total. The highest BCUT2D eigenvalue weighted by molar-refractivity contribution is 6.06. The molecule has 112 valence electrons. The van der Waals surface area contributed by atoms with Crippen molar-refractivity contribution in [1.82, 2.24) is 0 Å². The molecule has 4 nitrogen and oxygen atoms in total. The van der Waals surface area contributed by atoms with E-state index in [0.29, 0.717) is 0 Å². The van der Waals surface area contributed by atoms with Crippen LogP contribution in [-0.2, 0) is 4.79 Å². The lowest BCUT2D eigenvalue weighted by Gasteiger charge is -2.36. The second-order valence-electron chi connectivity index (χ2n) is 6.07. The number of para-hydroxylation sites is 2. The number of likely N-dealkylation sites (N-methyl/N-ethyl adjacent to an activating group) is 1. The van der Waals surface area contributed by atoms with Crippen LogP contribution in [0, 0.1) is 6.92 Å². The number of aryl methyl sites for hydroxylation is 1. The maximum absolute atomic E-state index is 12.7. The van der Waals surface area contributed by atoms with E-state index in [9.17, 15) is 4.79 Å². The molecular formula is C18H19N3O. The van der Waals surface area contributed by atoms with Crippen LogP contribution in [0.15, 0.2) is 48.5 Å². The van der Waals surface area contributed by atoms with Gasteiger partial charge in [0.05, 0.1) is 18.0 Å². The van der Waals surface area contributed by atoms with Crippen molar-refractivity contribution in [2.75, 3.05) is 35.0 Å². The van der Waals surface area contributed by atoms with E-state index in [1.54, 1.807) is 4.90 Å². The summed E-state index contributed by atoms with van der Waals surface area (Å²) in [6, 6.07) is 16.5. The Bertz CT molecular complexity index is 725. The molecule has 0 unspecified atom stereocenters. The molecule has 22 heavy (non-hydrogen) atoms. The van der Waals surface area contributed by atoms with Crippen molar-refractivity contribution in [2.45, 2.75) is 13.0 Å². The predicted molar refractivity (Wildman–Crippen MR) is 89.5 cm³/mol. The maximum Gasteiger partial charge on any atom is 0.251 e. The van der Waals surface area contributed by atoms with Crippen molar-refractivity contribution in [3.8, 4) is 0 Å². The van der Waals surface area contributed by atoms with Crippen LogP contribution in [0.4, 0.5) is 17.1 Å². The Kier molecular flexibility index (Phi) is 2.86. The smallest absolute Gasteiger partial charge is 0.251 e. The second kappa shape index (κ2) is 4.77. The first kappa shape index (κ1) is 13.2. The van der Waals surface area contributed by atoms with Gasteiger partial charge in [-0.05, 0) is 31.2 Å². The van der Waals surface area contributed by atoms with Crippen LogP contribution in [-0.4, -0.2) is 32.2 Å². The Morgan fingerprint density at radius 3 is 2.41 bits per heavy atom. The third kappa shape index (κ3) is 1.87. The average molecular weight is 293 g/mol. The molecule has 0 aliphatic carbocycles. The first-order chi connectivity index (χ1) is 10.6. The molecule has 1 atom stereocenters. The van der Waals surface area contributed by atoms with Crippen LogP contribution in [0.2, 0.25) is 0 Å². The summed E-state index contributed by atoms with van der Waals surface area (Å²) in [6.45, 7) is 3.58. The fourth-order valence-corrected chi connectivity index (χ4v) is 3.38. The molecule has 0 bridgehead atoms. The Labute approximate surface area is 130 Å². The maximum atomic E-state index is 12.7. The number of rotatable bonds is 1. The van der Waals surface area contributed by atoms with Gasteiger partial charge in [-0.25, -0.2) is 0 Å². The minimum Gasteiger partial charge on any atom is -0.351 e. The molecule has 1 amide bonds. The zero-order chi connectivity index (χ0) is 15.3. The standard InChI is InChI=1S/C18H19N3O/c1-13-7-9-14(10-8-13)20-11-17-18(22)19(2)15-5-3-4-6-16(15)21(17)12-20/h3-10,17H,11-12H2,1-2H3/t17-/m0/s1. The zero-order valence-corrected chi connectivity index (χ0v) is 12.9. The lowest BCUT2D eigenvalue weighted by molar-refractivity contribution is -0.119. The van der Waals surface area contributed by atoms with Gasteiger partial charge in [-0.3, -0.25) is 4.79 Å². The third-order valence-electron chi connectivity index (χ3n) is 4.66. The number of carbonyl (C=O) groups excluding carboxylic acids is 1. The van der Waals surface area contributed by atoms with Crippen molar-refractivity contribution in [3.05, 3.63) is 54.1 Å². The van der Waals surface area contributed by atoms with E-state index in [2.05, 4.69) is 47.1 Å². The second-order valence-corrected chi connectivity index (χ2v) is 6.07. The first-order valence-electron chi connectivity index (χ1n) is 7.60. The minimum absolute atomic E-state index is 0.0961. The molecule has 4 rings (SSSR count). The Balaban J connectivity index is 1.71. The van der Waals surface area contributed by atoms with Crippen LogP contribution in [0.25, 0.3) is 0 Å². The number of nitrogens with zero attached hydrogens (tertiary/aromatic N) is 3. The van der Waals surface area contributed by atoms with Gasteiger partial charge in [-0.1, -0.05) is 29.8 Å². The fraction of sp³-hybridized carbons (Fsp3) is 0.278. The van der Waals surface area contributed by atoms with E-state index in [1.807, 2.05) is 25.2 Å². The molecule has 0 radical (unpaired) electrons. The number of fused-ring (bicyclic) bond motifs is 3. The molecule has 2 aromatic carbocycles. The monoisotopic (exact) mass is 293 g/mol. The summed E-state index contributed by atoms with van der Waals surface area (Å²) in [6.07, 6.45) is 0. The molecule has 2 aliphatic rings. The van der Waals surface area contributed by atoms with E-state index in [0.717, 1.165) is 24.6 Å². The minimum atomic E-state index is -0.0961. The number of hydrogen-bond donors (Lipinski definition) is 0. The number of benzene rings is 2. The molecule has 0 aromatic heterocycles. The van der Waals surface area contributed by atoms with Crippen molar-refractivity contribution in [2.24, 2.45) is 0 Å². The van der Waals surface area contributed by atoms with Gasteiger partial charge in [0.2, 0.25) is 0 Å². The SMILES string of the molecule is Cc1ccc(N2C[C@H]3C(=O)N(C)c4ccccc4N3C2)cc1. The van der Waals surface area contributed by atoms with Gasteiger partial charge in [-0.2, -0.15) is 0 Å². The highest BCUT2D eigenvalue weighted by Gasteiger charge is 2.42. The number of carbonyl (C=O) groups is 1. The normalized spacial score (nSPS) is 20.2. The van der Waals surface area contributed by atoms with Crippen LogP contribution in [0.3, 0.4) is 0 Å². The first-order valence-corrected chi connectivity index (χ1v) is 7.60. The van der Waals surface area contributed by atoms with Gasteiger partial charge in [0, 0.05) is 19.3 Å². The summed E-state index contributed by atoms with van der Waals surface area (Å²) in [5.74, 6) is 0.174. The fourth-order valence-electron chi connectivity index (χ4n) is 3.38. The number of hydrogen-bond acceptors (Lipinski definition) is 3. The van der Waals surface area contributed by atoms with Crippen LogP contribution in [0.5, 0.6) is 0 Å². The molecule has 1 saturated heterocycles. The molecule has 2 heterocycles. The van der Waals surface area contributed by atoms with Crippen LogP contribution >= 0.6 is 0 Å². The molecule has 2 aromatic rings. The summed E-state index contributed by atoms with van der Waals surface area (Å²) >= 11 is 0. The Morgan fingerprint density at radius 2 is 1.68 bits per heavy atom. The Hall–Kier alpha value is -2.49. The lowest BCUT2D eigenvalue weighted by atomic mass is 10.1. The average Bonchev–Trinajstić information content (AvgIpc) is 2.99. The molecular weight excluding hydrogens is 274 g/mol. The van der Waals surface area contributed by atoms with Crippen molar-refractivity contribution < 1.29 is 4.79 Å². The van der Waals surface area contributed by atoms with Gasteiger partial charge in [0.1, 0.15) is 6.04 Å². The molecule has 1 fully saturated rings. The summed E-state index contributed by atoms with van der Waals surface area (Å²) in [4.78, 5) is 18.9. The predicted octanol–water partition coefficient (Wildman–Crippen LogP) is 2.62. The molecule has 4 heteroatoms. The van der Waals surface area contributed by atoms with Crippen LogP contribution < -0.4 is 14.7 Å². The summed E-state index contributed by atoms with van der Waals surface area (Å²) in [7, 11) is 1.87. The topological polar surface area (TPSA) is 26.8 Å². The van der Waals surface area contributed by atoms with Crippen molar-refractivity contribution in [1.29, 1.82) is 0 Å². The largest absolute Gasteiger partial charge is 0.351 e. The number of amides is 1. The summed E-state index contributed by atoms with van der Waals surface area (Å²) in [5.41, 5.74) is 4.56. The van der Waals surface area contributed by atoms with Gasteiger partial charge in [0.15, 0.2) is 0 Å². The number of anilines is 3. The quantitative estimate of drug-likeness (QED) is 0.808. The van der Waals surface area contributed by atoms with Gasteiger partial charge < -0.3 is 14.7 Å². The van der Waals surface area contributed by atoms with E-state index in [1.165, 1.54) is 11.3 Å². The van der Waals surface area contributed by atoms with Crippen molar-refractivity contribution in [3.63, 3.8) is 0 Å². The third-order valence-corrected chi connectivity index (χ3v) is 4.66. The molecule has 0 spiro atoms. The van der Waals surface area contributed by atoms with Gasteiger partial charge in [-0.15, -0.1) is 0 Å². The summed E-state index contributed by atoms with van der Waals surface area (Å²) in [5, 5.41) is 0. The summed E-state index contributed by atoms with van der Waals surface area (Å²) < 4.78 is 0. The van der Waals surface area contributed by atoms with Gasteiger partial charge in [0.25, 0.3) is 5.91 Å². The lowest BCUT2D eigenvalue weighted by Crippen LogP contribution is -2.50. The molecule has 0 saturated carbocycles. The van der Waals surface area contributed by atoms with Crippen molar-refractivity contribution >= 4 is 23.0 Å². The Morgan fingerprint density at radius 1 is 1.00 bits per heavy atom. The van der Waals surface area contributed by atoms with E-state index in [-0.39, 0.29) is 11.9 Å². The highest BCUT2D eigenvalue weighted by atomic mass is 16.2. The zero-order valence-electron chi connectivity index (χ0n) is 12.9. The molecule has 2 aliphatic heterocycles. The van der Waals surface area contributed by atoms with E-state index >= 15 is 0 Å². The van der Waals surface area contributed by atoms with Crippen LogP contribution in [0.1, 0.15) is 5.56 Å². The highest BCUT2D eigenvalue weighted by Crippen LogP contribution is 2.38.